The van der Waals surface area contributed by atoms with Crippen molar-refractivity contribution in [2.75, 3.05) is 5.32 Å². The molecule has 1 N–H and O–H groups in total. The number of nitrogens with zero attached hydrogens (tertiary/aromatic N) is 1. The summed E-state index contributed by atoms with van der Waals surface area (Å²) < 4.78 is 29.1. The Kier molecular flexibility index (Phi) is 6.45. The lowest BCUT2D eigenvalue weighted by Crippen LogP contribution is -2.26. The van der Waals surface area contributed by atoms with E-state index in [1.807, 2.05) is 25.1 Å². The topological polar surface area (TPSA) is 59.9 Å². The van der Waals surface area contributed by atoms with Crippen molar-refractivity contribution >= 4 is 17.8 Å². The number of alkyl halides is 2. The molecule has 0 radical (unpaired) electrons. The van der Waals surface area contributed by atoms with E-state index in [9.17, 15) is 13.6 Å². The third kappa shape index (κ3) is 5.87. The Balaban J connectivity index is 1.94. The summed E-state index contributed by atoms with van der Waals surface area (Å²) in [5.74, 6) is -0.401. The van der Waals surface area contributed by atoms with Gasteiger partial charge in [-0.25, -0.2) is 0 Å². The van der Waals surface area contributed by atoms with Crippen molar-refractivity contribution in [1.82, 2.24) is 0 Å². The quantitative estimate of drug-likeness (QED) is 0.608. The van der Waals surface area contributed by atoms with Gasteiger partial charge in [-0.1, -0.05) is 29.4 Å². The first-order valence-corrected chi connectivity index (χ1v) is 7.56. The van der Waals surface area contributed by atoms with Crippen LogP contribution in [0.5, 0.6) is 5.75 Å². The van der Waals surface area contributed by atoms with Gasteiger partial charge in [-0.15, -0.1) is 0 Å². The van der Waals surface area contributed by atoms with E-state index < -0.39 is 12.7 Å². The molecule has 1 unspecified atom stereocenters. The summed E-state index contributed by atoms with van der Waals surface area (Å²) in [5.41, 5.74) is 1.98. The van der Waals surface area contributed by atoms with E-state index >= 15 is 0 Å². The zero-order valence-electron chi connectivity index (χ0n) is 13.8. The molecule has 2 rings (SSSR count). The van der Waals surface area contributed by atoms with Crippen LogP contribution in [0.1, 0.15) is 18.1 Å². The molecule has 0 aliphatic carbocycles. The smallest absolute Gasteiger partial charge is 0.387 e. The van der Waals surface area contributed by atoms with Gasteiger partial charge in [0.1, 0.15) is 5.75 Å². The number of hydrogen-bond donors (Lipinski definition) is 1. The number of nitrogens with one attached hydrogen (secondary N) is 1. The van der Waals surface area contributed by atoms with Gasteiger partial charge in [0.05, 0.1) is 6.21 Å². The van der Waals surface area contributed by atoms with Gasteiger partial charge in [-0.3, -0.25) is 4.79 Å². The van der Waals surface area contributed by atoms with Crippen molar-refractivity contribution < 1.29 is 23.1 Å². The summed E-state index contributed by atoms with van der Waals surface area (Å²) in [4.78, 5) is 17.1. The number of aryl methyl sites for hydroxylation is 1. The van der Waals surface area contributed by atoms with E-state index in [-0.39, 0.29) is 11.7 Å². The number of halogens is 2. The Hall–Kier alpha value is -2.96. The summed E-state index contributed by atoms with van der Waals surface area (Å²) in [6.45, 7) is 0.512. The molecule has 0 fully saturated rings. The Morgan fingerprint density at radius 2 is 1.96 bits per heavy atom. The normalized spacial score (nSPS) is 12.2. The largest absolute Gasteiger partial charge is 0.434 e. The Morgan fingerprint density at radius 1 is 1.20 bits per heavy atom. The summed E-state index contributed by atoms with van der Waals surface area (Å²) in [5, 5.41) is 6.39. The molecule has 7 heteroatoms. The van der Waals surface area contributed by atoms with Crippen LogP contribution >= 0.6 is 0 Å². The van der Waals surface area contributed by atoms with Crippen molar-refractivity contribution in [3.8, 4) is 5.75 Å². The molecule has 132 valence electrons. The number of rotatable bonds is 7. The standard InChI is InChI=1S/C18H18F2N2O3/c1-12-6-5-8-15(10-12)22-17(23)13(2)25-21-11-14-7-3-4-9-16(14)24-18(19)20/h3-11,13,18H,1-2H3,(H,22,23)/b21-11+. The molecule has 25 heavy (non-hydrogen) atoms. The fraction of sp³-hybridized carbons (Fsp3) is 0.222. The molecule has 1 atom stereocenters. The van der Waals surface area contributed by atoms with Crippen molar-refractivity contribution in [3.63, 3.8) is 0 Å². The summed E-state index contributed by atoms with van der Waals surface area (Å²) in [6.07, 6.45) is 0.355. The predicted molar refractivity (Wildman–Crippen MR) is 91.0 cm³/mol. The first-order valence-electron chi connectivity index (χ1n) is 7.56. The second kappa shape index (κ2) is 8.77. The minimum atomic E-state index is -2.94. The van der Waals surface area contributed by atoms with E-state index in [2.05, 4.69) is 15.2 Å². The number of hydrogen-bond acceptors (Lipinski definition) is 4. The minimum Gasteiger partial charge on any atom is -0.434 e. The number of para-hydroxylation sites is 1. The SMILES string of the molecule is Cc1cccc(NC(=O)C(C)O/N=C/c2ccccc2OC(F)F)c1. The molecule has 0 aliphatic heterocycles. The van der Waals surface area contributed by atoms with Crippen LogP contribution in [0.2, 0.25) is 0 Å². The van der Waals surface area contributed by atoms with Gasteiger partial charge in [0.25, 0.3) is 5.91 Å². The van der Waals surface area contributed by atoms with Gasteiger partial charge in [0.15, 0.2) is 0 Å². The third-order valence-electron chi connectivity index (χ3n) is 3.20. The van der Waals surface area contributed by atoms with Crippen molar-refractivity contribution in [2.45, 2.75) is 26.6 Å². The lowest BCUT2D eigenvalue weighted by molar-refractivity contribution is -0.126. The molecule has 5 nitrogen and oxygen atoms in total. The van der Waals surface area contributed by atoms with Crippen LogP contribution in [0.4, 0.5) is 14.5 Å². The maximum absolute atomic E-state index is 12.3. The van der Waals surface area contributed by atoms with Crippen LogP contribution in [0.15, 0.2) is 53.7 Å². The Labute approximate surface area is 144 Å². The average molecular weight is 348 g/mol. The highest BCUT2D eigenvalue weighted by Crippen LogP contribution is 2.18. The van der Waals surface area contributed by atoms with Crippen LogP contribution in [0.25, 0.3) is 0 Å². The molecule has 0 bridgehead atoms. The third-order valence-corrected chi connectivity index (χ3v) is 3.20. The van der Waals surface area contributed by atoms with Crippen LogP contribution < -0.4 is 10.1 Å². The van der Waals surface area contributed by atoms with E-state index in [1.165, 1.54) is 19.2 Å². The van der Waals surface area contributed by atoms with E-state index in [0.29, 0.717) is 11.3 Å². The van der Waals surface area contributed by atoms with Gasteiger partial charge in [-0.05, 0) is 43.7 Å². The summed E-state index contributed by atoms with van der Waals surface area (Å²) in [7, 11) is 0. The number of anilines is 1. The van der Waals surface area contributed by atoms with Gasteiger partial charge in [-0.2, -0.15) is 8.78 Å². The number of oxime groups is 1. The molecule has 0 heterocycles. The number of carbonyl (C=O) groups excluding carboxylic acids is 1. The number of ether oxygens (including phenoxy) is 1. The zero-order valence-corrected chi connectivity index (χ0v) is 13.8. The highest BCUT2D eigenvalue weighted by Gasteiger charge is 2.14. The molecular weight excluding hydrogens is 330 g/mol. The second-order valence-electron chi connectivity index (χ2n) is 5.26. The van der Waals surface area contributed by atoms with Crippen molar-refractivity contribution in [3.05, 3.63) is 59.7 Å². The Morgan fingerprint density at radius 3 is 2.68 bits per heavy atom. The predicted octanol–water partition coefficient (Wildman–Crippen LogP) is 3.97. The number of carbonyl (C=O) groups is 1. The maximum Gasteiger partial charge on any atom is 0.387 e. The molecular formula is C18H18F2N2O3. The minimum absolute atomic E-state index is 0.0262. The zero-order chi connectivity index (χ0) is 18.2. The molecule has 0 saturated heterocycles. The van der Waals surface area contributed by atoms with Crippen LogP contribution in [-0.4, -0.2) is 24.8 Å². The molecule has 0 aliphatic rings. The lowest BCUT2D eigenvalue weighted by Gasteiger charge is -2.11. The summed E-state index contributed by atoms with van der Waals surface area (Å²) >= 11 is 0. The Bertz CT molecular complexity index is 751. The maximum atomic E-state index is 12.3. The van der Waals surface area contributed by atoms with Gasteiger partial charge in [0, 0.05) is 11.3 Å². The van der Waals surface area contributed by atoms with Crippen LogP contribution in [0, 0.1) is 6.92 Å². The average Bonchev–Trinajstić information content (AvgIpc) is 2.55. The molecule has 2 aromatic carbocycles. The van der Waals surface area contributed by atoms with Crippen molar-refractivity contribution in [1.29, 1.82) is 0 Å². The van der Waals surface area contributed by atoms with Gasteiger partial charge >= 0.3 is 6.61 Å². The molecule has 0 spiro atoms. The molecule has 0 aromatic heterocycles. The van der Waals surface area contributed by atoms with E-state index in [1.54, 1.807) is 24.3 Å². The fourth-order valence-corrected chi connectivity index (χ4v) is 1.98. The number of benzene rings is 2. The number of amides is 1. The second-order valence-corrected chi connectivity index (χ2v) is 5.26. The van der Waals surface area contributed by atoms with Gasteiger partial charge < -0.3 is 14.9 Å². The molecule has 0 saturated carbocycles. The monoisotopic (exact) mass is 348 g/mol. The van der Waals surface area contributed by atoms with E-state index in [0.717, 1.165) is 5.56 Å². The molecule has 2 aromatic rings. The van der Waals surface area contributed by atoms with Crippen LogP contribution in [-0.2, 0) is 9.63 Å². The highest BCUT2D eigenvalue weighted by molar-refractivity contribution is 5.94. The first kappa shape index (κ1) is 18.4. The van der Waals surface area contributed by atoms with Gasteiger partial charge in [0.2, 0.25) is 6.10 Å². The fourth-order valence-electron chi connectivity index (χ4n) is 1.98. The highest BCUT2D eigenvalue weighted by atomic mass is 19.3. The molecule has 1 amide bonds. The lowest BCUT2D eigenvalue weighted by atomic mass is 10.2. The first-order chi connectivity index (χ1) is 12.0. The van der Waals surface area contributed by atoms with Crippen LogP contribution in [0.3, 0.4) is 0 Å². The summed E-state index contributed by atoms with van der Waals surface area (Å²) in [6, 6.07) is 13.5. The van der Waals surface area contributed by atoms with E-state index in [4.69, 9.17) is 4.84 Å². The van der Waals surface area contributed by atoms with Crippen molar-refractivity contribution in [2.24, 2.45) is 5.16 Å².